The van der Waals surface area contributed by atoms with Crippen LogP contribution in [0.15, 0.2) is 41.7 Å². The van der Waals surface area contributed by atoms with Crippen LogP contribution in [0.3, 0.4) is 0 Å². The Hall–Kier alpha value is -2.04. The number of hydrogen-bond donors (Lipinski definition) is 1. The van der Waals surface area contributed by atoms with Crippen molar-refractivity contribution in [2.45, 2.75) is 18.8 Å². The lowest BCUT2D eigenvalue weighted by Gasteiger charge is -2.31. The summed E-state index contributed by atoms with van der Waals surface area (Å²) in [6.07, 6.45) is 5.85. The van der Waals surface area contributed by atoms with Crippen LogP contribution in [-0.2, 0) is 0 Å². The Kier molecular flexibility index (Phi) is 4.17. The fraction of sp³-hybridized carbons (Fsp3) is 0.316. The molecule has 24 heavy (non-hydrogen) atoms. The molecule has 4 rings (SSSR count). The third kappa shape index (κ3) is 2.66. The number of hydrogen-bond acceptors (Lipinski definition) is 4. The maximum atomic E-state index is 11.5. The number of benzene rings is 1. The van der Waals surface area contributed by atoms with Gasteiger partial charge < -0.3 is 5.32 Å². The van der Waals surface area contributed by atoms with Gasteiger partial charge in [-0.25, -0.2) is 0 Å². The number of fused-ring (bicyclic) bond motifs is 2. The zero-order valence-corrected chi connectivity index (χ0v) is 14.0. The zero-order chi connectivity index (χ0) is 16.5. The number of pyridine rings is 1. The van der Waals surface area contributed by atoms with E-state index in [-0.39, 0.29) is 5.92 Å². The van der Waals surface area contributed by atoms with Gasteiger partial charge in [0, 0.05) is 22.7 Å². The Morgan fingerprint density at radius 2 is 2.04 bits per heavy atom. The van der Waals surface area contributed by atoms with Crippen LogP contribution in [0, 0.1) is 10.8 Å². The molecule has 4 nitrogen and oxygen atoms in total. The third-order valence-corrected chi connectivity index (χ3v) is 5.27. The number of nitrogens with zero attached hydrogens (tertiary/aromatic N) is 2. The van der Waals surface area contributed by atoms with E-state index in [4.69, 9.17) is 11.6 Å². The minimum absolute atomic E-state index is 0.158. The molecule has 0 bridgehead atoms. The first-order chi connectivity index (χ1) is 11.8. The van der Waals surface area contributed by atoms with Crippen LogP contribution in [0.2, 0.25) is 5.02 Å². The van der Waals surface area contributed by atoms with E-state index in [0.717, 1.165) is 48.3 Å². The monoisotopic (exact) mass is 339 g/mol. The molecule has 1 saturated heterocycles. The molecule has 0 saturated carbocycles. The largest absolute Gasteiger partial charge is 0.317 e. The van der Waals surface area contributed by atoms with E-state index in [9.17, 15) is 4.91 Å². The topological polar surface area (TPSA) is 54.4 Å². The average molecular weight is 340 g/mol. The molecule has 5 heteroatoms. The fourth-order valence-electron chi connectivity index (χ4n) is 3.94. The molecule has 0 amide bonds. The molecule has 1 fully saturated rings. The van der Waals surface area contributed by atoms with Crippen molar-refractivity contribution < 1.29 is 0 Å². The number of aromatic nitrogens is 1. The highest BCUT2D eigenvalue weighted by molar-refractivity contribution is 6.30. The van der Waals surface area contributed by atoms with Crippen molar-refractivity contribution in [1.82, 2.24) is 10.3 Å². The molecule has 1 aliphatic heterocycles. The summed E-state index contributed by atoms with van der Waals surface area (Å²) in [7, 11) is 0. The van der Waals surface area contributed by atoms with Gasteiger partial charge in [-0.15, -0.1) is 4.91 Å². The van der Waals surface area contributed by atoms with Gasteiger partial charge in [-0.3, -0.25) is 4.98 Å². The first-order valence-corrected chi connectivity index (χ1v) is 8.66. The molecule has 1 aromatic carbocycles. The molecule has 2 aromatic rings. The second kappa shape index (κ2) is 6.46. The van der Waals surface area contributed by atoms with Gasteiger partial charge in [-0.1, -0.05) is 23.7 Å². The van der Waals surface area contributed by atoms with Crippen molar-refractivity contribution in [3.8, 4) is 0 Å². The Labute approximate surface area is 145 Å². The van der Waals surface area contributed by atoms with Crippen LogP contribution < -0.4 is 5.32 Å². The molecule has 0 radical (unpaired) electrons. The van der Waals surface area contributed by atoms with Crippen molar-refractivity contribution in [3.05, 3.63) is 68.8 Å². The molecule has 1 atom stereocenters. The molecule has 0 spiro atoms. The smallest absolute Gasteiger partial charge is 0.116 e. The van der Waals surface area contributed by atoms with E-state index in [1.807, 2.05) is 42.6 Å². The lowest BCUT2D eigenvalue weighted by molar-refractivity contribution is 0.339. The third-order valence-electron chi connectivity index (χ3n) is 5.04. The standard InChI is InChI=1S/C19H18ClN3O/c20-14-3-4-15-16(11-14)17(23-24)10-13-2-1-7-22-19(13)18(15)12-5-8-21-9-6-12/h1-4,7,10-12,18,21H,5-6,8-9H2. The van der Waals surface area contributed by atoms with Crippen molar-refractivity contribution >= 4 is 23.4 Å². The summed E-state index contributed by atoms with van der Waals surface area (Å²) >= 11 is 6.20. The second-order valence-electron chi connectivity index (χ2n) is 6.40. The fourth-order valence-corrected chi connectivity index (χ4v) is 4.11. The SMILES string of the molecule is O=NC1=Cc2cccnc2C(C2CCNCC2)c2ccc(Cl)cc21. The first-order valence-electron chi connectivity index (χ1n) is 8.28. The minimum Gasteiger partial charge on any atom is -0.317 e. The summed E-state index contributed by atoms with van der Waals surface area (Å²) in [4.78, 5) is 16.2. The number of nitrogens with one attached hydrogen (secondary N) is 1. The Bertz CT molecular complexity index is 812. The maximum absolute atomic E-state index is 11.5. The molecule has 1 aromatic heterocycles. The van der Waals surface area contributed by atoms with E-state index in [2.05, 4.69) is 15.5 Å². The molecule has 2 aliphatic rings. The Morgan fingerprint density at radius 3 is 2.83 bits per heavy atom. The second-order valence-corrected chi connectivity index (χ2v) is 6.83. The quantitative estimate of drug-likeness (QED) is 0.823. The Balaban J connectivity index is 1.96. The molecule has 1 unspecified atom stereocenters. The summed E-state index contributed by atoms with van der Waals surface area (Å²) in [5.41, 5.74) is 4.38. The normalized spacial score (nSPS) is 20.5. The Morgan fingerprint density at radius 1 is 1.21 bits per heavy atom. The van der Waals surface area contributed by atoms with E-state index in [1.54, 1.807) is 0 Å². The summed E-state index contributed by atoms with van der Waals surface area (Å²) in [6, 6.07) is 9.69. The highest BCUT2D eigenvalue weighted by Crippen LogP contribution is 2.44. The number of piperidine rings is 1. The van der Waals surface area contributed by atoms with E-state index in [1.165, 1.54) is 0 Å². The van der Waals surface area contributed by atoms with E-state index < -0.39 is 0 Å². The maximum Gasteiger partial charge on any atom is 0.116 e. The minimum atomic E-state index is 0.158. The first kappa shape index (κ1) is 15.5. The van der Waals surface area contributed by atoms with Crippen molar-refractivity contribution in [2.24, 2.45) is 11.1 Å². The number of rotatable bonds is 2. The predicted octanol–water partition coefficient (Wildman–Crippen LogP) is 4.44. The molecular formula is C19H18ClN3O. The van der Waals surface area contributed by atoms with Gasteiger partial charge in [-0.2, -0.15) is 0 Å². The number of nitroso groups, excluding NO2 is 1. The van der Waals surface area contributed by atoms with Crippen LogP contribution in [-0.4, -0.2) is 18.1 Å². The van der Waals surface area contributed by atoms with Gasteiger partial charge in [0.1, 0.15) is 5.70 Å². The van der Waals surface area contributed by atoms with Crippen LogP contribution >= 0.6 is 11.6 Å². The zero-order valence-electron chi connectivity index (χ0n) is 13.2. The molecule has 1 aliphatic carbocycles. The predicted molar refractivity (Wildman–Crippen MR) is 96.8 cm³/mol. The molecular weight excluding hydrogens is 322 g/mol. The van der Waals surface area contributed by atoms with Crippen LogP contribution in [0.5, 0.6) is 0 Å². The average Bonchev–Trinajstić information content (AvgIpc) is 2.76. The van der Waals surface area contributed by atoms with Crippen LogP contribution in [0.25, 0.3) is 11.8 Å². The summed E-state index contributed by atoms with van der Waals surface area (Å²) in [6.45, 7) is 2.02. The molecule has 1 N–H and O–H groups in total. The lowest BCUT2D eigenvalue weighted by Crippen LogP contribution is -2.32. The van der Waals surface area contributed by atoms with E-state index in [0.29, 0.717) is 16.6 Å². The lowest BCUT2D eigenvalue weighted by atomic mass is 9.76. The molecule has 2 heterocycles. The van der Waals surface area contributed by atoms with Crippen LogP contribution in [0.4, 0.5) is 0 Å². The van der Waals surface area contributed by atoms with E-state index >= 15 is 0 Å². The number of halogens is 1. The van der Waals surface area contributed by atoms with Gasteiger partial charge in [-0.05, 0) is 72.4 Å². The highest BCUT2D eigenvalue weighted by atomic mass is 35.5. The summed E-state index contributed by atoms with van der Waals surface area (Å²) in [5, 5.41) is 7.32. The van der Waals surface area contributed by atoms with Gasteiger partial charge in [0.05, 0.1) is 5.69 Å². The van der Waals surface area contributed by atoms with Gasteiger partial charge in [0.25, 0.3) is 0 Å². The van der Waals surface area contributed by atoms with Gasteiger partial charge in [0.2, 0.25) is 0 Å². The van der Waals surface area contributed by atoms with Crippen molar-refractivity contribution in [2.75, 3.05) is 13.1 Å². The van der Waals surface area contributed by atoms with Crippen LogP contribution in [0.1, 0.15) is 41.1 Å². The summed E-state index contributed by atoms with van der Waals surface area (Å²) < 4.78 is 0. The van der Waals surface area contributed by atoms with Crippen molar-refractivity contribution in [3.63, 3.8) is 0 Å². The summed E-state index contributed by atoms with van der Waals surface area (Å²) in [5.74, 6) is 0.644. The van der Waals surface area contributed by atoms with Gasteiger partial charge >= 0.3 is 0 Å². The van der Waals surface area contributed by atoms with Gasteiger partial charge in [0.15, 0.2) is 0 Å². The molecule has 122 valence electrons. The highest BCUT2D eigenvalue weighted by Gasteiger charge is 2.33. The van der Waals surface area contributed by atoms with Crippen molar-refractivity contribution in [1.29, 1.82) is 0 Å².